The highest BCUT2D eigenvalue weighted by molar-refractivity contribution is 5.69. The molecule has 2 atom stereocenters. The highest BCUT2D eigenvalue weighted by atomic mass is 16.4. The first-order valence-electron chi connectivity index (χ1n) is 12.4. The summed E-state index contributed by atoms with van der Waals surface area (Å²) >= 11 is 0. The van der Waals surface area contributed by atoms with E-state index >= 15 is 0 Å². The number of aromatic nitrogens is 1. The second kappa shape index (κ2) is 11.2. The molecule has 2 heterocycles. The normalized spacial score (nSPS) is 18.5. The van der Waals surface area contributed by atoms with E-state index in [0.717, 1.165) is 55.8 Å². The van der Waals surface area contributed by atoms with Gasteiger partial charge >= 0.3 is 5.97 Å². The third kappa shape index (κ3) is 5.96. The highest BCUT2D eigenvalue weighted by Gasteiger charge is 2.25. The van der Waals surface area contributed by atoms with E-state index in [2.05, 4.69) is 95.4 Å². The summed E-state index contributed by atoms with van der Waals surface area (Å²) in [6, 6.07) is 12.9. The van der Waals surface area contributed by atoms with Gasteiger partial charge in [-0.25, -0.2) is 4.98 Å². The molecule has 1 saturated heterocycles. The van der Waals surface area contributed by atoms with Crippen LogP contribution in [0.2, 0.25) is 0 Å². The summed E-state index contributed by atoms with van der Waals surface area (Å²) in [5.41, 5.74) is 4.64. The first kappa shape index (κ1) is 23.8. The summed E-state index contributed by atoms with van der Waals surface area (Å²) in [5, 5.41) is 9.04. The van der Waals surface area contributed by atoms with Gasteiger partial charge in [-0.05, 0) is 66.7 Å². The SMILES string of the molecule is CCC(C)CN(C1=CC=CCC=C1)c1ccc(-c2ccc(N3CCC(CC(=O)O)C3)nc2)cc1. The minimum atomic E-state index is -0.718. The van der Waals surface area contributed by atoms with E-state index in [1.165, 1.54) is 11.4 Å². The maximum atomic E-state index is 11.0. The molecule has 1 aromatic heterocycles. The quantitative estimate of drug-likeness (QED) is 0.479. The Hall–Kier alpha value is -3.34. The number of carboxylic acids is 1. The molecule has 1 aliphatic heterocycles. The number of allylic oxidation sites excluding steroid dienone is 5. The van der Waals surface area contributed by atoms with Crippen LogP contribution in [0.1, 0.15) is 39.5 Å². The minimum absolute atomic E-state index is 0.207. The topological polar surface area (TPSA) is 56.7 Å². The summed E-state index contributed by atoms with van der Waals surface area (Å²) in [5.74, 6) is 1.01. The monoisotopic (exact) mass is 457 g/mol. The molecular formula is C29H35N3O2. The van der Waals surface area contributed by atoms with Crippen molar-refractivity contribution in [1.29, 1.82) is 0 Å². The second-order valence-corrected chi connectivity index (χ2v) is 9.43. The molecule has 0 radical (unpaired) electrons. The van der Waals surface area contributed by atoms with Crippen LogP contribution in [0, 0.1) is 11.8 Å². The zero-order valence-electron chi connectivity index (χ0n) is 20.2. The molecule has 4 rings (SSSR count). The number of anilines is 2. The Morgan fingerprint density at radius 3 is 2.68 bits per heavy atom. The summed E-state index contributed by atoms with van der Waals surface area (Å²) in [6.45, 7) is 7.15. The lowest BCUT2D eigenvalue weighted by Crippen LogP contribution is -2.27. The fraction of sp³-hybridized carbons (Fsp3) is 0.379. The Morgan fingerprint density at radius 1 is 1.18 bits per heavy atom. The standard InChI is InChI=1S/C29H35N3O2/c1-3-22(2)20-32(26-8-6-4-5-7-9-26)27-13-10-24(11-14-27)25-12-15-28(30-19-25)31-17-16-23(21-31)18-29(33)34/h4,6-15,19,22-23H,3,5,16-18,20-21H2,1-2H3,(H,33,34). The van der Waals surface area contributed by atoms with E-state index in [4.69, 9.17) is 5.11 Å². The van der Waals surface area contributed by atoms with Crippen LogP contribution in [0.3, 0.4) is 0 Å². The zero-order chi connectivity index (χ0) is 23.9. The first-order chi connectivity index (χ1) is 16.5. The number of rotatable bonds is 9. The molecule has 2 unspecified atom stereocenters. The highest BCUT2D eigenvalue weighted by Crippen LogP contribution is 2.29. The molecule has 1 N–H and O–H groups in total. The Labute approximate surface area is 203 Å². The van der Waals surface area contributed by atoms with Crippen molar-refractivity contribution >= 4 is 17.5 Å². The van der Waals surface area contributed by atoms with Crippen LogP contribution >= 0.6 is 0 Å². The van der Waals surface area contributed by atoms with E-state index in [1.54, 1.807) is 0 Å². The molecule has 5 nitrogen and oxygen atoms in total. The maximum Gasteiger partial charge on any atom is 0.303 e. The van der Waals surface area contributed by atoms with Gasteiger partial charge in [0.1, 0.15) is 5.82 Å². The van der Waals surface area contributed by atoms with E-state index < -0.39 is 5.97 Å². The van der Waals surface area contributed by atoms with Crippen LogP contribution in [-0.2, 0) is 4.79 Å². The molecule has 0 amide bonds. The third-order valence-corrected chi connectivity index (χ3v) is 6.80. The van der Waals surface area contributed by atoms with E-state index in [0.29, 0.717) is 5.92 Å². The molecule has 1 aromatic carbocycles. The lowest BCUT2D eigenvalue weighted by Gasteiger charge is -2.29. The van der Waals surface area contributed by atoms with Gasteiger partial charge in [0.15, 0.2) is 0 Å². The van der Waals surface area contributed by atoms with Gasteiger partial charge in [-0.1, -0.05) is 50.6 Å². The number of nitrogens with zero attached hydrogens (tertiary/aromatic N) is 3. The van der Waals surface area contributed by atoms with Crippen LogP contribution in [-0.4, -0.2) is 35.7 Å². The van der Waals surface area contributed by atoms with Gasteiger partial charge in [0.25, 0.3) is 0 Å². The molecule has 1 fully saturated rings. The van der Waals surface area contributed by atoms with Crippen molar-refractivity contribution in [2.75, 3.05) is 29.4 Å². The van der Waals surface area contributed by atoms with Gasteiger partial charge in [-0.3, -0.25) is 4.79 Å². The molecule has 2 aromatic rings. The van der Waals surface area contributed by atoms with Crippen molar-refractivity contribution in [2.24, 2.45) is 11.8 Å². The number of carbonyl (C=O) groups is 1. The van der Waals surface area contributed by atoms with Gasteiger partial charge in [0, 0.05) is 49.2 Å². The second-order valence-electron chi connectivity index (χ2n) is 9.43. The van der Waals surface area contributed by atoms with Gasteiger partial charge in [0.05, 0.1) is 0 Å². The van der Waals surface area contributed by atoms with Crippen LogP contribution in [0.5, 0.6) is 0 Å². The van der Waals surface area contributed by atoms with Crippen molar-refractivity contribution in [3.8, 4) is 11.1 Å². The molecule has 34 heavy (non-hydrogen) atoms. The number of hydrogen-bond donors (Lipinski definition) is 1. The number of benzene rings is 1. The van der Waals surface area contributed by atoms with Gasteiger partial charge in [-0.2, -0.15) is 0 Å². The molecule has 0 spiro atoms. The van der Waals surface area contributed by atoms with Crippen molar-refractivity contribution in [3.63, 3.8) is 0 Å². The summed E-state index contributed by atoms with van der Waals surface area (Å²) < 4.78 is 0. The predicted molar refractivity (Wildman–Crippen MR) is 140 cm³/mol. The molecule has 2 aliphatic rings. The van der Waals surface area contributed by atoms with E-state index in [1.807, 2.05) is 6.20 Å². The Balaban J connectivity index is 1.48. The minimum Gasteiger partial charge on any atom is -0.481 e. The Morgan fingerprint density at radius 2 is 1.97 bits per heavy atom. The van der Waals surface area contributed by atoms with E-state index in [-0.39, 0.29) is 12.3 Å². The predicted octanol–water partition coefficient (Wildman–Crippen LogP) is 6.30. The fourth-order valence-corrected chi connectivity index (χ4v) is 4.58. The van der Waals surface area contributed by atoms with Crippen LogP contribution < -0.4 is 9.80 Å². The fourth-order valence-electron chi connectivity index (χ4n) is 4.58. The Kier molecular flexibility index (Phi) is 7.84. The van der Waals surface area contributed by atoms with Crippen molar-refractivity contribution in [2.45, 2.75) is 39.5 Å². The Bertz CT molecular complexity index is 1050. The smallest absolute Gasteiger partial charge is 0.303 e. The molecule has 5 heteroatoms. The first-order valence-corrected chi connectivity index (χ1v) is 12.4. The summed E-state index contributed by atoms with van der Waals surface area (Å²) in [6.07, 6.45) is 16.1. The van der Waals surface area contributed by atoms with Crippen LogP contribution in [0.4, 0.5) is 11.5 Å². The van der Waals surface area contributed by atoms with Crippen LogP contribution in [0.25, 0.3) is 11.1 Å². The number of pyridine rings is 1. The van der Waals surface area contributed by atoms with Crippen molar-refractivity contribution < 1.29 is 9.90 Å². The van der Waals surface area contributed by atoms with E-state index in [9.17, 15) is 4.79 Å². The average Bonchev–Trinajstić information content (AvgIpc) is 3.14. The maximum absolute atomic E-state index is 11.0. The summed E-state index contributed by atoms with van der Waals surface area (Å²) in [4.78, 5) is 20.3. The largest absolute Gasteiger partial charge is 0.481 e. The lowest BCUT2D eigenvalue weighted by atomic mass is 10.0. The molecule has 1 aliphatic carbocycles. The van der Waals surface area contributed by atoms with Gasteiger partial charge < -0.3 is 14.9 Å². The lowest BCUT2D eigenvalue weighted by molar-refractivity contribution is -0.137. The van der Waals surface area contributed by atoms with Crippen LogP contribution in [0.15, 0.2) is 78.7 Å². The van der Waals surface area contributed by atoms with Crippen molar-refractivity contribution in [1.82, 2.24) is 4.98 Å². The van der Waals surface area contributed by atoms with Gasteiger partial charge in [0.2, 0.25) is 0 Å². The molecule has 0 bridgehead atoms. The third-order valence-electron chi connectivity index (χ3n) is 6.80. The zero-order valence-corrected chi connectivity index (χ0v) is 20.2. The number of hydrogen-bond acceptors (Lipinski definition) is 4. The summed E-state index contributed by atoms with van der Waals surface area (Å²) in [7, 11) is 0. The number of aliphatic carboxylic acids is 1. The van der Waals surface area contributed by atoms with Gasteiger partial charge in [-0.15, -0.1) is 0 Å². The van der Waals surface area contributed by atoms with Crippen molar-refractivity contribution in [3.05, 3.63) is 78.7 Å². The molecule has 178 valence electrons. The molecule has 0 saturated carbocycles. The molecular weight excluding hydrogens is 422 g/mol. The average molecular weight is 458 g/mol. The number of carboxylic acid groups (broad SMARTS) is 1.